The summed E-state index contributed by atoms with van der Waals surface area (Å²) < 4.78 is 58.0. The summed E-state index contributed by atoms with van der Waals surface area (Å²) in [5.74, 6) is -0.259. The van der Waals surface area contributed by atoms with Gasteiger partial charge in [0, 0.05) is 25.9 Å². The monoisotopic (exact) mass is 556 g/mol. The number of hydrogen-bond acceptors (Lipinski definition) is 4. The van der Waals surface area contributed by atoms with Gasteiger partial charge < -0.3 is 18.8 Å². The second kappa shape index (κ2) is 8.10. The van der Waals surface area contributed by atoms with Crippen molar-refractivity contribution < 1.29 is 27.6 Å². The molecule has 4 rings (SSSR count). The summed E-state index contributed by atoms with van der Waals surface area (Å²) in [5.41, 5.74) is 2.45. The van der Waals surface area contributed by atoms with Crippen molar-refractivity contribution >= 4 is 45.6 Å². The fourth-order valence-electron chi connectivity index (χ4n) is 3.60. The van der Waals surface area contributed by atoms with E-state index in [4.69, 9.17) is 14.2 Å². The highest BCUT2D eigenvalue weighted by Crippen LogP contribution is 2.54. The molecule has 31 heavy (non-hydrogen) atoms. The van der Waals surface area contributed by atoms with Gasteiger partial charge in [-0.25, -0.2) is 0 Å². The van der Waals surface area contributed by atoms with Crippen molar-refractivity contribution in [1.29, 1.82) is 0 Å². The van der Waals surface area contributed by atoms with Crippen molar-refractivity contribution in [1.82, 2.24) is 0 Å². The van der Waals surface area contributed by atoms with Gasteiger partial charge in [-0.05, 0) is 19.9 Å². The van der Waals surface area contributed by atoms with E-state index in [2.05, 4.69) is 22.6 Å². The summed E-state index contributed by atoms with van der Waals surface area (Å²) >= 11 is 2.06. The Morgan fingerprint density at radius 2 is 1.42 bits per heavy atom. The zero-order valence-corrected chi connectivity index (χ0v) is 20.2. The lowest BCUT2D eigenvalue weighted by Crippen LogP contribution is -2.28. The molecule has 1 heterocycles. The summed E-state index contributed by atoms with van der Waals surface area (Å²) in [6.07, 6.45) is -3.81. The molecule has 0 amide bonds. The predicted molar refractivity (Wildman–Crippen MR) is 126 cm³/mol. The summed E-state index contributed by atoms with van der Waals surface area (Å²) in [6.45, 7) is 3.89. The predicted octanol–water partition coefficient (Wildman–Crippen LogP) is 5.21. The summed E-state index contributed by atoms with van der Waals surface area (Å²) in [5, 5.41) is 1.59. The quantitative estimate of drug-likeness (QED) is 0.246. The first kappa shape index (κ1) is 22.1. The van der Waals surface area contributed by atoms with Gasteiger partial charge in [0.05, 0.1) is 7.11 Å². The number of hydrogen-bond donors (Lipinski definition) is 0. The molecule has 0 atom stereocenters. The summed E-state index contributed by atoms with van der Waals surface area (Å²) in [6, 6.07) is 16.4. The molecule has 1 aliphatic rings. The van der Waals surface area contributed by atoms with Crippen LogP contribution in [0.15, 0.2) is 54.6 Å². The van der Waals surface area contributed by atoms with E-state index in [0.717, 1.165) is 11.1 Å². The van der Waals surface area contributed by atoms with Crippen LogP contribution >= 0.6 is 29.7 Å². The highest BCUT2D eigenvalue weighted by atomic mass is 127. The fraction of sp³-hybridized carbons (Fsp3) is 0.217. The highest BCUT2D eigenvalue weighted by Gasteiger charge is 2.48. The lowest BCUT2D eigenvalue weighted by atomic mass is 10.2. The molecule has 1 aliphatic heterocycles. The maximum Gasteiger partial charge on any atom is 0.586 e. The zero-order chi connectivity index (χ0) is 22.4. The Kier molecular flexibility index (Phi) is 5.77. The molecule has 0 radical (unpaired) electrons. The van der Waals surface area contributed by atoms with Crippen molar-refractivity contribution in [3.05, 3.63) is 71.3 Å². The van der Waals surface area contributed by atoms with Crippen LogP contribution in [0.25, 0.3) is 0 Å². The van der Waals surface area contributed by atoms with Gasteiger partial charge in [-0.15, -0.1) is 8.78 Å². The lowest BCUT2D eigenvalue weighted by Gasteiger charge is -2.24. The molecule has 0 aromatic heterocycles. The molecular formula is C23H20F2IO4P. The normalized spacial score (nSPS) is 14.5. The second-order valence-corrected chi connectivity index (χ2v) is 10.8. The van der Waals surface area contributed by atoms with Crippen molar-refractivity contribution in [2.24, 2.45) is 0 Å². The van der Waals surface area contributed by atoms with E-state index in [0.29, 0.717) is 25.9 Å². The maximum absolute atomic E-state index is 14.9. The summed E-state index contributed by atoms with van der Waals surface area (Å²) in [4.78, 5) is 0. The van der Waals surface area contributed by atoms with Crippen LogP contribution < -0.4 is 30.1 Å². The van der Waals surface area contributed by atoms with Gasteiger partial charge >= 0.3 is 6.29 Å². The van der Waals surface area contributed by atoms with E-state index >= 15 is 0 Å². The smallest absolute Gasteiger partial charge is 0.493 e. The zero-order valence-electron chi connectivity index (χ0n) is 17.1. The number of aryl methyl sites for hydroxylation is 2. The Bertz CT molecular complexity index is 1130. The van der Waals surface area contributed by atoms with Crippen molar-refractivity contribution in [3.63, 3.8) is 0 Å². The van der Waals surface area contributed by atoms with Crippen molar-refractivity contribution in [2.75, 3.05) is 7.11 Å². The molecular weight excluding hydrogens is 536 g/mol. The van der Waals surface area contributed by atoms with Gasteiger partial charge in [0.2, 0.25) is 5.75 Å². The number of ether oxygens (including phenoxy) is 3. The first-order valence-corrected chi connectivity index (χ1v) is 12.7. The Morgan fingerprint density at radius 3 is 1.87 bits per heavy atom. The van der Waals surface area contributed by atoms with Gasteiger partial charge in [0.25, 0.3) is 0 Å². The van der Waals surface area contributed by atoms with Crippen LogP contribution in [-0.4, -0.2) is 13.4 Å². The molecule has 0 spiro atoms. The average Bonchev–Trinajstić information content (AvgIpc) is 3.07. The van der Waals surface area contributed by atoms with Crippen LogP contribution in [0.4, 0.5) is 8.78 Å². The maximum atomic E-state index is 14.9. The third-order valence-electron chi connectivity index (χ3n) is 5.21. The van der Waals surface area contributed by atoms with E-state index in [1.807, 2.05) is 62.4 Å². The molecule has 0 bridgehead atoms. The average molecular weight is 556 g/mol. The van der Waals surface area contributed by atoms with Gasteiger partial charge in [-0.1, -0.05) is 82.2 Å². The first-order chi connectivity index (χ1) is 14.7. The number of alkyl halides is 3. The molecule has 0 saturated carbocycles. The number of fused-ring (bicyclic) bond motifs is 1. The number of halogens is 3. The molecule has 0 fully saturated rings. The van der Waals surface area contributed by atoms with Crippen LogP contribution in [0, 0.1) is 13.8 Å². The third-order valence-corrected chi connectivity index (χ3v) is 9.10. The number of methoxy groups -OCH3 is 1. The highest BCUT2D eigenvalue weighted by molar-refractivity contribution is 14.1. The van der Waals surface area contributed by atoms with E-state index in [9.17, 15) is 13.3 Å². The Labute approximate surface area is 193 Å². The second-order valence-electron chi connectivity index (χ2n) is 7.32. The van der Waals surface area contributed by atoms with Crippen LogP contribution in [0.5, 0.6) is 17.2 Å². The minimum absolute atomic E-state index is 0.0511. The Balaban J connectivity index is 2.06. The van der Waals surface area contributed by atoms with Gasteiger partial charge in [0.1, 0.15) is 0 Å². The lowest BCUT2D eigenvalue weighted by molar-refractivity contribution is -0.287. The Morgan fingerprint density at radius 1 is 0.935 bits per heavy atom. The molecule has 0 unspecified atom stereocenters. The molecule has 0 aliphatic carbocycles. The van der Waals surface area contributed by atoms with E-state index in [-0.39, 0.29) is 17.2 Å². The molecule has 162 valence electrons. The van der Waals surface area contributed by atoms with Gasteiger partial charge in [0.15, 0.2) is 18.6 Å². The van der Waals surface area contributed by atoms with Gasteiger partial charge in [-0.3, -0.25) is 0 Å². The molecule has 0 saturated heterocycles. The van der Waals surface area contributed by atoms with Crippen LogP contribution in [-0.2, 0) is 8.99 Å². The number of rotatable bonds is 5. The SMILES string of the molecule is COc1cc(P(=O)(c2ccc(C)cc2)c2ccc(C)cc2)c(CI)c2c1OC(F)(F)O2. The Hall–Kier alpha value is -2.12. The standard InChI is InChI=1S/C23H20F2IO4P/c1-14-4-8-16(9-5-14)31(27,17-10-6-15(2)7-11-17)20-12-19(28-3)22-21(18(20)13-26)29-23(24,25)30-22/h4-12H,13H2,1-3H3. The van der Waals surface area contributed by atoms with Crippen molar-refractivity contribution in [3.8, 4) is 17.2 Å². The van der Waals surface area contributed by atoms with Crippen LogP contribution in [0.1, 0.15) is 16.7 Å². The molecule has 4 nitrogen and oxygen atoms in total. The third kappa shape index (κ3) is 3.82. The molecule has 3 aromatic rings. The van der Waals surface area contributed by atoms with Crippen molar-refractivity contribution in [2.45, 2.75) is 24.6 Å². The largest absolute Gasteiger partial charge is 0.586 e. The minimum atomic E-state index is -3.81. The first-order valence-electron chi connectivity index (χ1n) is 9.50. The molecule has 3 aromatic carbocycles. The van der Waals surface area contributed by atoms with Gasteiger partial charge in [-0.2, -0.15) is 0 Å². The minimum Gasteiger partial charge on any atom is -0.493 e. The summed E-state index contributed by atoms with van der Waals surface area (Å²) in [7, 11) is -2.10. The topological polar surface area (TPSA) is 44.8 Å². The van der Waals surface area contributed by atoms with Crippen LogP contribution in [0.2, 0.25) is 0 Å². The van der Waals surface area contributed by atoms with E-state index < -0.39 is 13.4 Å². The molecule has 8 heteroatoms. The van der Waals surface area contributed by atoms with Crippen LogP contribution in [0.3, 0.4) is 0 Å². The number of benzene rings is 3. The fourth-order valence-corrected chi connectivity index (χ4v) is 7.51. The molecule has 0 N–H and O–H groups in total. The van der Waals surface area contributed by atoms with E-state index in [1.54, 1.807) is 0 Å². The van der Waals surface area contributed by atoms with E-state index in [1.165, 1.54) is 13.2 Å².